The molecule has 1 aliphatic rings. The van der Waals surface area contributed by atoms with Gasteiger partial charge in [0.2, 0.25) is 5.91 Å². The van der Waals surface area contributed by atoms with E-state index in [1.54, 1.807) is 24.1 Å². The number of likely N-dealkylation sites (N-methyl/N-ethyl adjacent to an activating group) is 1. The first-order chi connectivity index (χ1) is 15.4. The van der Waals surface area contributed by atoms with Crippen LogP contribution in [0.2, 0.25) is 0 Å². The second-order valence-electron chi connectivity index (χ2n) is 7.42. The number of nitrogens with zero attached hydrogens (tertiary/aromatic N) is 2. The Morgan fingerprint density at radius 2 is 1.94 bits per heavy atom. The number of amides is 1. The number of benzene rings is 2. The molecule has 172 valence electrons. The minimum absolute atomic E-state index is 0.0217. The normalized spacial score (nSPS) is 13.5. The highest BCUT2D eigenvalue weighted by Gasteiger charge is 2.25. The number of hydrogen-bond acceptors (Lipinski definition) is 5. The average Bonchev–Trinajstić information content (AvgIpc) is 3.23. The second-order valence-corrected chi connectivity index (χ2v) is 8.72. The molecule has 0 aliphatic carbocycles. The molecular weight excluding hydrogens is 430 g/mol. The third kappa shape index (κ3) is 5.86. The molecule has 1 amide bonds. The smallest absolute Gasteiger partial charge is 0.303 e. The Morgan fingerprint density at radius 3 is 2.59 bits per heavy atom. The molecule has 0 aromatic heterocycles. The van der Waals surface area contributed by atoms with Crippen molar-refractivity contribution in [2.45, 2.75) is 31.1 Å². The SMILES string of the molecule is CCN(CCNS(=O)c1ccc2c(c1)CCN2C(=O)CCC(=O)O)c1ccc(OC)cc1. The molecule has 0 spiro atoms. The average molecular weight is 460 g/mol. The minimum atomic E-state index is -1.37. The molecule has 0 fully saturated rings. The summed E-state index contributed by atoms with van der Waals surface area (Å²) < 4.78 is 21.0. The molecule has 1 heterocycles. The lowest BCUT2D eigenvalue weighted by Gasteiger charge is -2.23. The fraction of sp³-hybridized carbons (Fsp3) is 0.391. The molecule has 2 aromatic rings. The Bertz CT molecular complexity index is 980. The third-order valence-electron chi connectivity index (χ3n) is 5.45. The van der Waals surface area contributed by atoms with E-state index >= 15 is 0 Å². The van der Waals surface area contributed by atoms with Crippen molar-refractivity contribution in [3.8, 4) is 5.75 Å². The Kier molecular flexibility index (Phi) is 8.24. The maximum atomic E-state index is 12.7. The molecular formula is C23H29N3O5S. The van der Waals surface area contributed by atoms with Gasteiger partial charge in [0, 0.05) is 44.0 Å². The molecule has 2 N–H and O–H groups in total. The van der Waals surface area contributed by atoms with Crippen molar-refractivity contribution < 1.29 is 23.6 Å². The van der Waals surface area contributed by atoms with E-state index in [-0.39, 0.29) is 18.7 Å². The number of rotatable bonds is 11. The van der Waals surface area contributed by atoms with Crippen molar-refractivity contribution in [2.75, 3.05) is 43.1 Å². The summed E-state index contributed by atoms with van der Waals surface area (Å²) in [6.07, 6.45) is 0.467. The lowest BCUT2D eigenvalue weighted by Crippen LogP contribution is -2.32. The lowest BCUT2D eigenvalue weighted by molar-refractivity contribution is -0.138. The van der Waals surface area contributed by atoms with Crippen LogP contribution >= 0.6 is 0 Å². The van der Waals surface area contributed by atoms with E-state index in [1.807, 2.05) is 30.3 Å². The largest absolute Gasteiger partial charge is 0.497 e. The van der Waals surface area contributed by atoms with Gasteiger partial charge in [-0.1, -0.05) is 0 Å². The molecule has 0 radical (unpaired) electrons. The van der Waals surface area contributed by atoms with Gasteiger partial charge in [-0.25, -0.2) is 8.93 Å². The van der Waals surface area contributed by atoms with E-state index in [9.17, 15) is 13.8 Å². The molecule has 9 heteroatoms. The predicted molar refractivity (Wildman–Crippen MR) is 125 cm³/mol. The zero-order chi connectivity index (χ0) is 23.1. The molecule has 32 heavy (non-hydrogen) atoms. The number of methoxy groups -OCH3 is 1. The number of carbonyl (C=O) groups excluding carboxylic acids is 1. The van der Waals surface area contributed by atoms with E-state index in [1.165, 1.54) is 0 Å². The van der Waals surface area contributed by atoms with E-state index < -0.39 is 17.0 Å². The molecule has 0 saturated heterocycles. The highest BCUT2D eigenvalue weighted by atomic mass is 32.2. The van der Waals surface area contributed by atoms with E-state index in [0.717, 1.165) is 29.2 Å². The van der Waals surface area contributed by atoms with Gasteiger partial charge in [0.1, 0.15) is 16.7 Å². The number of nitrogens with one attached hydrogen (secondary N) is 1. The molecule has 1 atom stereocenters. The van der Waals surface area contributed by atoms with Crippen LogP contribution < -0.4 is 19.3 Å². The quantitative estimate of drug-likeness (QED) is 0.536. The first kappa shape index (κ1) is 23.7. The molecule has 3 rings (SSSR count). The van der Waals surface area contributed by atoms with Crippen molar-refractivity contribution in [3.05, 3.63) is 48.0 Å². The maximum absolute atomic E-state index is 12.7. The number of anilines is 2. The zero-order valence-electron chi connectivity index (χ0n) is 18.4. The number of carboxylic acids is 1. The van der Waals surface area contributed by atoms with E-state index in [2.05, 4.69) is 16.5 Å². The van der Waals surface area contributed by atoms with Gasteiger partial charge >= 0.3 is 5.97 Å². The number of carboxylic acid groups (broad SMARTS) is 1. The summed E-state index contributed by atoms with van der Waals surface area (Å²) in [5, 5.41) is 8.79. The maximum Gasteiger partial charge on any atom is 0.303 e. The summed E-state index contributed by atoms with van der Waals surface area (Å²) in [7, 11) is 0.274. The number of fused-ring (bicyclic) bond motifs is 1. The van der Waals surface area contributed by atoms with Crippen LogP contribution in [0.25, 0.3) is 0 Å². The van der Waals surface area contributed by atoms with Gasteiger partial charge in [0.15, 0.2) is 0 Å². The van der Waals surface area contributed by atoms with Crippen molar-refractivity contribution in [1.29, 1.82) is 0 Å². The molecule has 1 unspecified atom stereocenters. The zero-order valence-corrected chi connectivity index (χ0v) is 19.2. The van der Waals surface area contributed by atoms with Crippen molar-refractivity contribution in [1.82, 2.24) is 4.72 Å². The summed E-state index contributed by atoms with van der Waals surface area (Å²) in [4.78, 5) is 27.5. The van der Waals surface area contributed by atoms with Crippen LogP contribution in [0.3, 0.4) is 0 Å². The Labute approximate surface area is 190 Å². The fourth-order valence-corrected chi connectivity index (χ4v) is 4.61. The summed E-state index contributed by atoms with van der Waals surface area (Å²) in [5.41, 5.74) is 2.80. The summed E-state index contributed by atoms with van der Waals surface area (Å²) in [6.45, 7) is 4.66. The van der Waals surface area contributed by atoms with Crippen molar-refractivity contribution >= 4 is 34.2 Å². The highest BCUT2D eigenvalue weighted by Crippen LogP contribution is 2.30. The molecule has 8 nitrogen and oxygen atoms in total. The molecule has 0 saturated carbocycles. The molecule has 1 aliphatic heterocycles. The van der Waals surface area contributed by atoms with E-state index in [0.29, 0.717) is 31.0 Å². The van der Waals surface area contributed by atoms with Crippen LogP contribution in [-0.4, -0.2) is 54.5 Å². The summed E-state index contributed by atoms with van der Waals surface area (Å²) in [6, 6.07) is 13.3. The molecule has 2 aromatic carbocycles. The van der Waals surface area contributed by atoms with Crippen LogP contribution in [0.15, 0.2) is 47.4 Å². The van der Waals surface area contributed by atoms with Gasteiger partial charge in [-0.3, -0.25) is 9.59 Å². The second kappa shape index (κ2) is 11.1. The first-order valence-corrected chi connectivity index (χ1v) is 11.8. The van der Waals surface area contributed by atoms with Crippen LogP contribution in [0.5, 0.6) is 5.75 Å². The van der Waals surface area contributed by atoms with Crippen LogP contribution in [-0.2, 0) is 27.0 Å². The predicted octanol–water partition coefficient (Wildman–Crippen LogP) is 2.59. The number of ether oxygens (including phenoxy) is 1. The fourth-order valence-electron chi connectivity index (χ4n) is 3.72. The van der Waals surface area contributed by atoms with Gasteiger partial charge < -0.3 is 19.6 Å². The Balaban J connectivity index is 1.55. The van der Waals surface area contributed by atoms with Gasteiger partial charge in [0.05, 0.1) is 18.4 Å². The highest BCUT2D eigenvalue weighted by molar-refractivity contribution is 7.83. The van der Waals surface area contributed by atoms with Crippen molar-refractivity contribution in [3.63, 3.8) is 0 Å². The number of aliphatic carboxylic acids is 1. The first-order valence-electron chi connectivity index (χ1n) is 10.6. The topological polar surface area (TPSA) is 99.2 Å². The van der Waals surface area contributed by atoms with Gasteiger partial charge in [-0.05, 0) is 61.4 Å². The summed E-state index contributed by atoms with van der Waals surface area (Å²) in [5.74, 6) is -0.373. The number of carbonyl (C=O) groups is 2. The van der Waals surface area contributed by atoms with Gasteiger partial charge in [-0.2, -0.15) is 0 Å². The lowest BCUT2D eigenvalue weighted by atomic mass is 10.2. The monoisotopic (exact) mass is 459 g/mol. The standard InChI is InChI=1S/C23H29N3O5S/c1-3-25(18-4-6-19(31-2)7-5-18)15-13-24-32(30)20-8-9-21-17(16-20)12-14-26(21)22(27)10-11-23(28)29/h4-9,16,24H,3,10-15H2,1-2H3,(H,28,29). The van der Waals surface area contributed by atoms with Crippen LogP contribution in [0.1, 0.15) is 25.3 Å². The van der Waals surface area contributed by atoms with E-state index in [4.69, 9.17) is 9.84 Å². The van der Waals surface area contributed by atoms with Crippen molar-refractivity contribution in [2.24, 2.45) is 0 Å². The number of hydrogen-bond donors (Lipinski definition) is 2. The van der Waals surface area contributed by atoms with Gasteiger partial charge in [-0.15, -0.1) is 0 Å². The Morgan fingerprint density at radius 1 is 1.19 bits per heavy atom. The van der Waals surface area contributed by atoms with Gasteiger partial charge in [0.25, 0.3) is 0 Å². The minimum Gasteiger partial charge on any atom is -0.497 e. The van der Waals surface area contributed by atoms with Crippen LogP contribution in [0.4, 0.5) is 11.4 Å². The van der Waals surface area contributed by atoms with Crippen LogP contribution in [0, 0.1) is 0 Å². The third-order valence-corrected chi connectivity index (χ3v) is 6.60. The summed E-state index contributed by atoms with van der Waals surface area (Å²) >= 11 is 0. The molecule has 0 bridgehead atoms. The Hall–Kier alpha value is -2.91.